The van der Waals surface area contributed by atoms with E-state index in [2.05, 4.69) is 0 Å². The maximum absolute atomic E-state index is 10.9. The molecule has 16 heavy (non-hydrogen) atoms. The summed E-state index contributed by atoms with van der Waals surface area (Å²) in [6, 6.07) is 9.28. The summed E-state index contributed by atoms with van der Waals surface area (Å²) in [6.45, 7) is 1.79. The highest BCUT2D eigenvalue weighted by atomic mass is 35.5. The van der Waals surface area contributed by atoms with Gasteiger partial charge in [0, 0.05) is 15.5 Å². The summed E-state index contributed by atoms with van der Waals surface area (Å²) >= 11 is 7.31. The van der Waals surface area contributed by atoms with E-state index in [1.807, 2.05) is 24.3 Å². The van der Waals surface area contributed by atoms with Crippen molar-refractivity contribution >= 4 is 28.9 Å². The predicted molar refractivity (Wildman–Crippen MR) is 66.5 cm³/mol. The molecule has 0 bridgehead atoms. The van der Waals surface area contributed by atoms with E-state index in [9.17, 15) is 4.79 Å². The predicted octanol–water partition coefficient (Wildman–Crippen LogP) is 4.08. The molecule has 2 aromatic rings. The summed E-state index contributed by atoms with van der Waals surface area (Å²) in [5.74, 6) is -0.888. The average molecular weight is 253 g/mol. The lowest BCUT2D eigenvalue weighted by Crippen LogP contribution is -1.93. The first-order valence-electron chi connectivity index (χ1n) is 4.68. The van der Waals surface area contributed by atoms with Crippen molar-refractivity contribution < 1.29 is 9.90 Å². The first-order valence-corrected chi connectivity index (χ1v) is 5.87. The normalized spacial score (nSPS) is 10.4. The lowest BCUT2D eigenvalue weighted by atomic mass is 10.1. The van der Waals surface area contributed by atoms with Crippen LogP contribution in [0.1, 0.15) is 15.2 Å². The Balaban J connectivity index is 2.54. The summed E-state index contributed by atoms with van der Waals surface area (Å²) in [5, 5.41) is 9.61. The maximum atomic E-state index is 10.9. The molecular formula is C12H9ClO2S. The second-order valence-electron chi connectivity index (χ2n) is 3.41. The largest absolute Gasteiger partial charge is 0.477 e. The number of hydrogen-bond acceptors (Lipinski definition) is 2. The van der Waals surface area contributed by atoms with E-state index in [0.29, 0.717) is 9.90 Å². The Morgan fingerprint density at radius 1 is 1.38 bits per heavy atom. The van der Waals surface area contributed by atoms with Crippen molar-refractivity contribution in [2.24, 2.45) is 0 Å². The number of rotatable bonds is 2. The molecule has 0 aliphatic heterocycles. The molecule has 0 fully saturated rings. The molecule has 0 unspecified atom stereocenters. The highest BCUT2D eigenvalue weighted by molar-refractivity contribution is 7.17. The molecule has 2 nitrogen and oxygen atoms in total. The molecule has 0 aliphatic carbocycles. The molecule has 1 N–H and O–H groups in total. The van der Waals surface area contributed by atoms with Gasteiger partial charge in [-0.25, -0.2) is 4.79 Å². The number of aromatic carboxylic acids is 1. The SMILES string of the molecule is Cc1cc(-c2ccccc2Cl)sc1C(=O)O. The van der Waals surface area contributed by atoms with Gasteiger partial charge in [-0.05, 0) is 24.6 Å². The average Bonchev–Trinajstić information content (AvgIpc) is 2.61. The van der Waals surface area contributed by atoms with Crippen molar-refractivity contribution in [1.82, 2.24) is 0 Å². The Labute approximate surface area is 102 Å². The molecule has 0 aliphatic rings. The van der Waals surface area contributed by atoms with Crippen molar-refractivity contribution in [3.8, 4) is 10.4 Å². The Morgan fingerprint density at radius 3 is 2.62 bits per heavy atom. The van der Waals surface area contributed by atoms with Gasteiger partial charge in [-0.3, -0.25) is 0 Å². The van der Waals surface area contributed by atoms with Gasteiger partial charge in [-0.2, -0.15) is 0 Å². The standard InChI is InChI=1S/C12H9ClO2S/c1-7-6-10(16-11(7)12(14)15)8-4-2-3-5-9(8)13/h2-6H,1H3,(H,14,15). The first-order chi connectivity index (χ1) is 7.59. The van der Waals surface area contributed by atoms with Crippen molar-refractivity contribution in [3.63, 3.8) is 0 Å². The minimum atomic E-state index is -0.888. The van der Waals surface area contributed by atoms with Gasteiger partial charge in [0.1, 0.15) is 4.88 Å². The van der Waals surface area contributed by atoms with Crippen molar-refractivity contribution in [2.45, 2.75) is 6.92 Å². The molecule has 0 radical (unpaired) electrons. The Morgan fingerprint density at radius 2 is 2.06 bits per heavy atom. The summed E-state index contributed by atoms with van der Waals surface area (Å²) < 4.78 is 0. The third-order valence-corrected chi connectivity index (χ3v) is 3.84. The number of benzene rings is 1. The first kappa shape index (κ1) is 11.2. The van der Waals surface area contributed by atoms with Crippen LogP contribution in [0.5, 0.6) is 0 Å². The summed E-state index contributed by atoms with van der Waals surface area (Å²) in [4.78, 5) is 12.2. The molecule has 0 atom stereocenters. The van der Waals surface area contributed by atoms with Gasteiger partial charge in [0.25, 0.3) is 0 Å². The fraction of sp³-hybridized carbons (Fsp3) is 0.0833. The van der Waals surface area contributed by atoms with Gasteiger partial charge in [0.15, 0.2) is 0 Å². The zero-order valence-electron chi connectivity index (χ0n) is 8.53. The number of thiophene rings is 1. The van der Waals surface area contributed by atoms with Gasteiger partial charge in [0.2, 0.25) is 0 Å². The van der Waals surface area contributed by atoms with Crippen LogP contribution < -0.4 is 0 Å². The van der Waals surface area contributed by atoms with E-state index in [-0.39, 0.29) is 0 Å². The van der Waals surface area contributed by atoms with E-state index in [1.165, 1.54) is 11.3 Å². The van der Waals surface area contributed by atoms with E-state index < -0.39 is 5.97 Å². The molecule has 1 aromatic heterocycles. The smallest absolute Gasteiger partial charge is 0.346 e. The van der Waals surface area contributed by atoms with Crippen molar-refractivity contribution in [2.75, 3.05) is 0 Å². The van der Waals surface area contributed by atoms with Crippen LogP contribution >= 0.6 is 22.9 Å². The molecule has 4 heteroatoms. The molecule has 0 amide bonds. The Hall–Kier alpha value is -1.32. The second-order valence-corrected chi connectivity index (χ2v) is 4.87. The van der Waals surface area contributed by atoms with Gasteiger partial charge < -0.3 is 5.11 Å². The second kappa shape index (κ2) is 4.28. The zero-order valence-corrected chi connectivity index (χ0v) is 10.1. The fourth-order valence-electron chi connectivity index (χ4n) is 1.49. The highest BCUT2D eigenvalue weighted by Gasteiger charge is 2.14. The minimum Gasteiger partial charge on any atom is -0.477 e. The summed E-state index contributed by atoms with van der Waals surface area (Å²) in [6.07, 6.45) is 0. The fourth-order valence-corrected chi connectivity index (χ4v) is 2.83. The van der Waals surface area contributed by atoms with Gasteiger partial charge in [0.05, 0.1) is 0 Å². The Bertz CT molecular complexity index is 546. The zero-order chi connectivity index (χ0) is 11.7. The number of aryl methyl sites for hydroxylation is 1. The third-order valence-electron chi connectivity index (χ3n) is 2.25. The Kier molecular flexibility index (Phi) is 2.99. The van der Waals surface area contributed by atoms with Gasteiger partial charge in [-0.15, -0.1) is 11.3 Å². The highest BCUT2D eigenvalue weighted by Crippen LogP contribution is 2.35. The number of carboxylic acids is 1. The van der Waals surface area contributed by atoms with Crippen LogP contribution in [0.3, 0.4) is 0 Å². The van der Waals surface area contributed by atoms with Crippen LogP contribution in [-0.4, -0.2) is 11.1 Å². The summed E-state index contributed by atoms with van der Waals surface area (Å²) in [7, 11) is 0. The molecule has 0 spiro atoms. The van der Waals surface area contributed by atoms with Crippen LogP contribution in [-0.2, 0) is 0 Å². The van der Waals surface area contributed by atoms with Crippen LogP contribution in [0.4, 0.5) is 0 Å². The topological polar surface area (TPSA) is 37.3 Å². The number of carboxylic acid groups (broad SMARTS) is 1. The van der Waals surface area contributed by atoms with Gasteiger partial charge >= 0.3 is 5.97 Å². The van der Waals surface area contributed by atoms with Crippen LogP contribution in [0.25, 0.3) is 10.4 Å². The molecule has 1 heterocycles. The van der Waals surface area contributed by atoms with Crippen LogP contribution in [0.2, 0.25) is 5.02 Å². The molecule has 2 rings (SSSR count). The molecule has 82 valence electrons. The molecule has 1 aromatic carbocycles. The lowest BCUT2D eigenvalue weighted by molar-refractivity contribution is 0.0701. The van der Waals surface area contributed by atoms with Crippen LogP contribution in [0.15, 0.2) is 30.3 Å². The quantitative estimate of drug-likeness (QED) is 0.875. The number of halogens is 1. The summed E-state index contributed by atoms with van der Waals surface area (Å²) in [5.41, 5.74) is 1.65. The van der Waals surface area contributed by atoms with Crippen molar-refractivity contribution in [3.05, 3.63) is 45.8 Å². The monoisotopic (exact) mass is 252 g/mol. The third kappa shape index (κ3) is 1.96. The van der Waals surface area contributed by atoms with E-state index >= 15 is 0 Å². The van der Waals surface area contributed by atoms with E-state index in [1.54, 1.807) is 13.0 Å². The van der Waals surface area contributed by atoms with Gasteiger partial charge in [-0.1, -0.05) is 29.8 Å². The van der Waals surface area contributed by atoms with Crippen molar-refractivity contribution in [1.29, 1.82) is 0 Å². The molecule has 0 saturated carbocycles. The maximum Gasteiger partial charge on any atom is 0.346 e. The van der Waals surface area contributed by atoms with E-state index in [0.717, 1.165) is 16.0 Å². The number of hydrogen-bond donors (Lipinski definition) is 1. The van der Waals surface area contributed by atoms with E-state index in [4.69, 9.17) is 16.7 Å². The van der Waals surface area contributed by atoms with Crippen LogP contribution in [0, 0.1) is 6.92 Å². The molecular weight excluding hydrogens is 244 g/mol. The number of carbonyl (C=O) groups is 1. The minimum absolute atomic E-state index is 0.370. The molecule has 0 saturated heterocycles. The lowest BCUT2D eigenvalue weighted by Gasteiger charge is -1.99.